The van der Waals surface area contributed by atoms with E-state index < -0.39 is 14.8 Å². The zero-order valence-electron chi connectivity index (χ0n) is 26.1. The number of benzene rings is 2. The molecule has 1 aliphatic heterocycles. The van der Waals surface area contributed by atoms with Crippen LogP contribution in [0.25, 0.3) is 27.7 Å². The van der Waals surface area contributed by atoms with Crippen molar-refractivity contribution in [3.05, 3.63) is 107 Å². The van der Waals surface area contributed by atoms with Gasteiger partial charge >= 0.3 is 0 Å². The Bertz CT molecular complexity index is 1900. The largest absolute Gasteiger partial charge is 0.345 e. The molecule has 6 rings (SSSR count). The van der Waals surface area contributed by atoms with Gasteiger partial charge in [0.2, 0.25) is 10.0 Å². The summed E-state index contributed by atoms with van der Waals surface area (Å²) in [6, 6.07) is 17.5. The van der Waals surface area contributed by atoms with Crippen molar-refractivity contribution in [3.63, 3.8) is 0 Å². The molecule has 7 nitrogen and oxygen atoms in total. The molecule has 0 saturated carbocycles. The SMILES string of the molecule is Cc1cc(C2=CC(C)(S(=O)(=O)n3cc(-c4ccc(C(=O)N(C)C)cc4)c4cccnc43)CC=C2)ccc1C1CCN(C)CC1. The number of carbonyl (C=O) groups is 1. The summed E-state index contributed by atoms with van der Waals surface area (Å²) >= 11 is 0. The summed E-state index contributed by atoms with van der Waals surface area (Å²) in [5, 5.41) is 0.738. The van der Waals surface area contributed by atoms with Crippen LogP contribution in [0.15, 0.2) is 85.2 Å². The molecular formula is C36H40N4O3S. The zero-order chi connectivity index (χ0) is 31.2. The molecule has 44 heavy (non-hydrogen) atoms. The number of allylic oxidation sites excluding steroid dienone is 3. The van der Waals surface area contributed by atoms with Gasteiger partial charge in [-0.2, -0.15) is 0 Å². The second kappa shape index (κ2) is 11.5. The number of aryl methyl sites for hydroxylation is 1. The molecule has 1 aliphatic carbocycles. The third-order valence-corrected chi connectivity index (χ3v) is 11.5. The first-order valence-electron chi connectivity index (χ1n) is 15.2. The minimum Gasteiger partial charge on any atom is -0.345 e. The van der Waals surface area contributed by atoms with Crippen molar-refractivity contribution in [1.29, 1.82) is 0 Å². The van der Waals surface area contributed by atoms with Gasteiger partial charge in [0, 0.05) is 43.0 Å². The monoisotopic (exact) mass is 608 g/mol. The highest BCUT2D eigenvalue weighted by Crippen LogP contribution is 2.39. The molecule has 1 amide bonds. The highest BCUT2D eigenvalue weighted by Gasteiger charge is 2.41. The highest BCUT2D eigenvalue weighted by atomic mass is 32.2. The van der Waals surface area contributed by atoms with E-state index in [0.29, 0.717) is 23.5 Å². The summed E-state index contributed by atoms with van der Waals surface area (Å²) < 4.78 is 29.2. The molecule has 8 heteroatoms. The average Bonchev–Trinajstić information content (AvgIpc) is 3.42. The Hall–Kier alpha value is -4.01. The number of piperidine rings is 1. The molecule has 1 fully saturated rings. The van der Waals surface area contributed by atoms with Crippen LogP contribution in [0.3, 0.4) is 0 Å². The van der Waals surface area contributed by atoms with Gasteiger partial charge in [0.15, 0.2) is 5.65 Å². The van der Waals surface area contributed by atoms with Crippen molar-refractivity contribution in [2.45, 2.75) is 43.8 Å². The molecule has 1 atom stereocenters. The Morgan fingerprint density at radius 2 is 1.73 bits per heavy atom. The van der Waals surface area contributed by atoms with Crippen LogP contribution in [0.2, 0.25) is 0 Å². The molecule has 228 valence electrons. The molecule has 3 heterocycles. The maximum Gasteiger partial charge on any atom is 0.253 e. The average molecular weight is 609 g/mol. The lowest BCUT2D eigenvalue weighted by Gasteiger charge is -2.31. The summed E-state index contributed by atoms with van der Waals surface area (Å²) in [6.45, 7) is 6.19. The van der Waals surface area contributed by atoms with Crippen molar-refractivity contribution < 1.29 is 13.2 Å². The van der Waals surface area contributed by atoms with E-state index >= 15 is 0 Å². The van der Waals surface area contributed by atoms with E-state index in [4.69, 9.17) is 0 Å². The molecule has 2 aliphatic rings. The van der Waals surface area contributed by atoms with Gasteiger partial charge in [-0.25, -0.2) is 17.4 Å². The number of carbonyl (C=O) groups excluding carboxylic acids is 1. The second-order valence-corrected chi connectivity index (χ2v) is 14.9. The number of nitrogens with zero attached hydrogens (tertiary/aromatic N) is 4. The standard InChI is InChI=1S/C36H40N4O3S/c1-25-22-29(14-15-31(25)27-16-20-39(5)21-17-27)30-8-6-18-36(2,23-30)44(42,43)40-24-33(32-9-7-19-37-34(32)40)26-10-12-28(13-11-26)35(41)38(3)4/h6-15,19,22-24,27H,16-18,20-21H2,1-5H3. The van der Waals surface area contributed by atoms with Crippen molar-refractivity contribution in [3.8, 4) is 11.1 Å². The van der Waals surface area contributed by atoms with Crippen molar-refractivity contribution in [2.75, 3.05) is 34.2 Å². The third-order valence-electron chi connectivity index (χ3n) is 9.27. The van der Waals surface area contributed by atoms with Crippen LogP contribution in [0.4, 0.5) is 0 Å². The Morgan fingerprint density at radius 3 is 2.41 bits per heavy atom. The van der Waals surface area contributed by atoms with E-state index in [1.165, 1.54) is 20.0 Å². The predicted octanol–water partition coefficient (Wildman–Crippen LogP) is 6.50. The highest BCUT2D eigenvalue weighted by molar-refractivity contribution is 7.91. The molecule has 2 aromatic heterocycles. The number of pyridine rings is 1. The molecule has 1 unspecified atom stereocenters. The molecule has 2 aromatic carbocycles. The lowest BCUT2D eigenvalue weighted by molar-refractivity contribution is 0.0827. The first-order valence-corrected chi connectivity index (χ1v) is 16.6. The third kappa shape index (κ3) is 5.30. The van der Waals surface area contributed by atoms with Crippen LogP contribution in [0.5, 0.6) is 0 Å². The normalized spacial score (nSPS) is 19.7. The zero-order valence-corrected chi connectivity index (χ0v) is 26.9. The van der Waals surface area contributed by atoms with Crippen LogP contribution >= 0.6 is 0 Å². The number of fused-ring (bicyclic) bond motifs is 1. The maximum absolute atomic E-state index is 14.5. The smallest absolute Gasteiger partial charge is 0.253 e. The number of likely N-dealkylation sites (tertiary alicyclic amines) is 1. The Morgan fingerprint density at radius 1 is 1.02 bits per heavy atom. The molecule has 1 saturated heterocycles. The fraction of sp³-hybridized carbons (Fsp3) is 0.333. The number of hydrogen-bond donors (Lipinski definition) is 0. The van der Waals surface area contributed by atoms with Gasteiger partial charge in [0.05, 0.1) is 0 Å². The van der Waals surface area contributed by atoms with Crippen molar-refractivity contribution in [2.24, 2.45) is 0 Å². The van der Waals surface area contributed by atoms with E-state index in [0.717, 1.165) is 53.6 Å². The van der Waals surface area contributed by atoms with Crippen LogP contribution in [-0.2, 0) is 10.0 Å². The van der Waals surface area contributed by atoms with E-state index in [9.17, 15) is 13.2 Å². The minimum atomic E-state index is -3.93. The van der Waals surface area contributed by atoms with E-state index in [2.05, 4.69) is 42.1 Å². The summed E-state index contributed by atoms with van der Waals surface area (Å²) in [7, 11) is 1.68. The number of amides is 1. The van der Waals surface area contributed by atoms with E-state index in [1.54, 1.807) is 45.5 Å². The number of hydrogen-bond acceptors (Lipinski definition) is 5. The fourth-order valence-electron chi connectivity index (χ4n) is 6.57. The predicted molar refractivity (Wildman–Crippen MR) is 178 cm³/mol. The van der Waals surface area contributed by atoms with Gasteiger partial charge in [-0.1, -0.05) is 48.6 Å². The van der Waals surface area contributed by atoms with Crippen LogP contribution in [0, 0.1) is 6.92 Å². The number of aromatic nitrogens is 2. The Balaban J connectivity index is 1.36. The van der Waals surface area contributed by atoms with Crippen LogP contribution in [0.1, 0.15) is 59.2 Å². The molecule has 0 radical (unpaired) electrons. The maximum atomic E-state index is 14.5. The second-order valence-electron chi connectivity index (χ2n) is 12.7. The molecule has 4 aromatic rings. The molecule has 0 N–H and O–H groups in total. The quantitative estimate of drug-likeness (QED) is 0.250. The van der Waals surface area contributed by atoms with Gasteiger partial charge in [0.1, 0.15) is 4.75 Å². The summed E-state index contributed by atoms with van der Waals surface area (Å²) in [6.07, 6.45) is 11.9. The minimum absolute atomic E-state index is 0.0873. The Kier molecular flexibility index (Phi) is 7.84. The first-order chi connectivity index (χ1) is 21.0. The van der Waals surface area contributed by atoms with Gasteiger partial charge in [-0.3, -0.25) is 4.79 Å². The first kappa shape index (κ1) is 30.0. The Labute approximate surface area is 260 Å². The van der Waals surface area contributed by atoms with Crippen LogP contribution < -0.4 is 0 Å². The van der Waals surface area contributed by atoms with E-state index in [-0.39, 0.29) is 5.91 Å². The van der Waals surface area contributed by atoms with Gasteiger partial charge in [-0.15, -0.1) is 0 Å². The lowest BCUT2D eigenvalue weighted by Crippen LogP contribution is -2.38. The summed E-state index contributed by atoms with van der Waals surface area (Å²) in [5.41, 5.74) is 7.12. The van der Waals surface area contributed by atoms with Crippen molar-refractivity contribution >= 4 is 32.5 Å². The summed E-state index contributed by atoms with van der Waals surface area (Å²) in [4.78, 5) is 20.9. The van der Waals surface area contributed by atoms with E-state index in [1.807, 2.05) is 42.5 Å². The van der Waals surface area contributed by atoms with Gasteiger partial charge < -0.3 is 9.80 Å². The molecule has 0 bridgehead atoms. The van der Waals surface area contributed by atoms with Gasteiger partial charge in [-0.05, 0) is 111 Å². The molecule has 0 spiro atoms. The van der Waals surface area contributed by atoms with Crippen LogP contribution in [-0.4, -0.2) is 72.1 Å². The fourth-order valence-corrected chi connectivity index (χ4v) is 8.22. The van der Waals surface area contributed by atoms with Gasteiger partial charge in [0.25, 0.3) is 5.91 Å². The summed E-state index contributed by atoms with van der Waals surface area (Å²) in [5.74, 6) is 0.478. The van der Waals surface area contributed by atoms with Crippen molar-refractivity contribution in [1.82, 2.24) is 18.8 Å². The topological polar surface area (TPSA) is 75.5 Å². The lowest BCUT2D eigenvalue weighted by atomic mass is 9.85. The molecular weight excluding hydrogens is 568 g/mol. The number of rotatable bonds is 6.